The fourth-order valence-electron chi connectivity index (χ4n) is 1.65. The highest BCUT2D eigenvalue weighted by molar-refractivity contribution is 5.73. The summed E-state index contributed by atoms with van der Waals surface area (Å²) < 4.78 is 18.7. The van der Waals surface area contributed by atoms with E-state index < -0.39 is 17.8 Å². The number of hydrogen-bond acceptors (Lipinski definition) is 3. The number of rotatable bonds is 6. The smallest absolute Gasteiger partial charge is 0.320 e. The van der Waals surface area contributed by atoms with Gasteiger partial charge in [0.1, 0.15) is 17.6 Å². The van der Waals surface area contributed by atoms with Gasteiger partial charge >= 0.3 is 5.97 Å². The second-order valence-corrected chi connectivity index (χ2v) is 4.66. The van der Waals surface area contributed by atoms with Crippen molar-refractivity contribution in [2.45, 2.75) is 25.3 Å². The van der Waals surface area contributed by atoms with E-state index >= 15 is 0 Å². The minimum Gasteiger partial charge on any atom is -0.493 e. The lowest BCUT2D eigenvalue weighted by Gasteiger charge is -2.13. The molecule has 1 aromatic carbocycles. The zero-order chi connectivity index (χ0) is 13.1. The number of carboxylic acid groups (broad SMARTS) is 1. The number of carboxylic acids is 1. The summed E-state index contributed by atoms with van der Waals surface area (Å²) in [6.07, 6.45) is 2.41. The van der Waals surface area contributed by atoms with E-state index in [1.54, 1.807) is 0 Å². The van der Waals surface area contributed by atoms with E-state index in [0.29, 0.717) is 23.8 Å². The van der Waals surface area contributed by atoms with Crippen molar-refractivity contribution >= 4 is 5.97 Å². The van der Waals surface area contributed by atoms with Crippen LogP contribution in [0.1, 0.15) is 18.4 Å². The third kappa shape index (κ3) is 3.43. The number of hydrogen-bond donors (Lipinski definition) is 2. The Morgan fingerprint density at radius 3 is 2.89 bits per heavy atom. The molecule has 5 heteroatoms. The van der Waals surface area contributed by atoms with E-state index in [-0.39, 0.29) is 6.42 Å². The maximum Gasteiger partial charge on any atom is 0.320 e. The van der Waals surface area contributed by atoms with Gasteiger partial charge in [-0.1, -0.05) is 6.07 Å². The molecule has 3 N–H and O–H groups in total. The van der Waals surface area contributed by atoms with Crippen molar-refractivity contribution in [2.24, 2.45) is 11.7 Å². The van der Waals surface area contributed by atoms with Gasteiger partial charge in [0.15, 0.2) is 0 Å². The predicted molar refractivity (Wildman–Crippen MR) is 63.9 cm³/mol. The Hall–Kier alpha value is -1.62. The molecule has 1 unspecified atom stereocenters. The molecule has 0 radical (unpaired) electrons. The first-order valence-corrected chi connectivity index (χ1v) is 5.96. The Morgan fingerprint density at radius 2 is 2.28 bits per heavy atom. The first kappa shape index (κ1) is 12.8. The van der Waals surface area contributed by atoms with Crippen LogP contribution in [0.25, 0.3) is 0 Å². The molecule has 18 heavy (non-hydrogen) atoms. The van der Waals surface area contributed by atoms with Crippen molar-refractivity contribution in [3.63, 3.8) is 0 Å². The molecule has 1 aliphatic carbocycles. The standard InChI is InChI=1S/C13H16FNO3/c14-10-4-3-9(5-11(15)13(16)17)12(6-10)18-7-8-1-2-8/h3-4,6,8,11H,1-2,5,7,15H2,(H,16,17). The van der Waals surface area contributed by atoms with Crippen LogP contribution in [0.4, 0.5) is 4.39 Å². The monoisotopic (exact) mass is 253 g/mol. The number of carbonyl (C=O) groups is 1. The van der Waals surface area contributed by atoms with Crippen molar-refractivity contribution < 1.29 is 19.0 Å². The van der Waals surface area contributed by atoms with Crippen LogP contribution < -0.4 is 10.5 Å². The van der Waals surface area contributed by atoms with Gasteiger partial charge in [0, 0.05) is 12.5 Å². The normalized spacial score (nSPS) is 16.3. The summed E-state index contributed by atoms with van der Waals surface area (Å²) in [4.78, 5) is 10.7. The molecule has 0 amide bonds. The first-order valence-electron chi connectivity index (χ1n) is 5.96. The van der Waals surface area contributed by atoms with Crippen molar-refractivity contribution in [3.05, 3.63) is 29.6 Å². The van der Waals surface area contributed by atoms with Crippen LogP contribution >= 0.6 is 0 Å². The maximum absolute atomic E-state index is 13.2. The fourth-order valence-corrected chi connectivity index (χ4v) is 1.65. The Kier molecular flexibility index (Phi) is 3.81. The molecule has 0 spiro atoms. The van der Waals surface area contributed by atoms with Crippen LogP contribution in [-0.4, -0.2) is 23.7 Å². The van der Waals surface area contributed by atoms with E-state index in [4.69, 9.17) is 15.6 Å². The molecule has 1 aliphatic rings. The third-order valence-corrected chi connectivity index (χ3v) is 2.96. The molecular formula is C13H16FNO3. The molecular weight excluding hydrogens is 237 g/mol. The predicted octanol–water partition coefficient (Wildman–Crippen LogP) is 1.57. The second-order valence-electron chi connectivity index (χ2n) is 4.66. The summed E-state index contributed by atoms with van der Waals surface area (Å²) in [6.45, 7) is 0.554. The van der Waals surface area contributed by atoms with Crippen molar-refractivity contribution in [1.29, 1.82) is 0 Å². The highest BCUT2D eigenvalue weighted by Gasteiger charge is 2.23. The van der Waals surface area contributed by atoms with Crippen LogP contribution in [0.5, 0.6) is 5.75 Å². The number of aliphatic carboxylic acids is 1. The van der Waals surface area contributed by atoms with Gasteiger partial charge in [-0.3, -0.25) is 4.79 Å². The van der Waals surface area contributed by atoms with Gasteiger partial charge in [0.25, 0.3) is 0 Å². The quantitative estimate of drug-likeness (QED) is 0.807. The summed E-state index contributed by atoms with van der Waals surface area (Å²) in [6, 6.07) is 3.10. The average Bonchev–Trinajstić information content (AvgIpc) is 3.13. The number of ether oxygens (including phenoxy) is 1. The van der Waals surface area contributed by atoms with Crippen LogP contribution in [-0.2, 0) is 11.2 Å². The van der Waals surface area contributed by atoms with Crippen LogP contribution in [0, 0.1) is 11.7 Å². The minimum atomic E-state index is -1.08. The number of benzene rings is 1. The molecule has 1 saturated carbocycles. The average molecular weight is 253 g/mol. The summed E-state index contributed by atoms with van der Waals surface area (Å²) in [5.41, 5.74) is 6.11. The lowest BCUT2D eigenvalue weighted by atomic mass is 10.1. The van der Waals surface area contributed by atoms with Crippen LogP contribution in [0.15, 0.2) is 18.2 Å². The van der Waals surface area contributed by atoms with Crippen LogP contribution in [0.3, 0.4) is 0 Å². The third-order valence-electron chi connectivity index (χ3n) is 2.96. The zero-order valence-electron chi connectivity index (χ0n) is 9.93. The van der Waals surface area contributed by atoms with Gasteiger partial charge in [-0.25, -0.2) is 4.39 Å². The largest absolute Gasteiger partial charge is 0.493 e. The van der Waals surface area contributed by atoms with Crippen molar-refractivity contribution in [1.82, 2.24) is 0 Å². The molecule has 0 saturated heterocycles. The Balaban J connectivity index is 2.08. The Morgan fingerprint density at radius 1 is 1.56 bits per heavy atom. The minimum absolute atomic E-state index is 0.135. The summed E-state index contributed by atoms with van der Waals surface area (Å²) in [5, 5.41) is 8.78. The molecule has 1 atom stereocenters. The molecule has 98 valence electrons. The lowest BCUT2D eigenvalue weighted by Crippen LogP contribution is -2.32. The van der Waals surface area contributed by atoms with Gasteiger partial charge in [-0.15, -0.1) is 0 Å². The first-order chi connectivity index (χ1) is 8.56. The zero-order valence-corrected chi connectivity index (χ0v) is 9.93. The van der Waals surface area contributed by atoms with Crippen LogP contribution in [0.2, 0.25) is 0 Å². The van der Waals surface area contributed by atoms with Gasteiger partial charge in [-0.05, 0) is 30.4 Å². The summed E-state index contributed by atoms with van der Waals surface area (Å²) >= 11 is 0. The van der Waals surface area contributed by atoms with Gasteiger partial charge in [-0.2, -0.15) is 0 Å². The molecule has 1 aromatic rings. The Bertz CT molecular complexity index is 446. The van der Waals surface area contributed by atoms with Crippen molar-refractivity contribution in [3.8, 4) is 5.75 Å². The van der Waals surface area contributed by atoms with E-state index in [1.807, 2.05) is 0 Å². The molecule has 2 rings (SSSR count). The highest BCUT2D eigenvalue weighted by atomic mass is 19.1. The summed E-state index contributed by atoms with van der Waals surface area (Å²) in [5.74, 6) is -0.520. The maximum atomic E-state index is 13.2. The highest BCUT2D eigenvalue weighted by Crippen LogP contribution is 2.30. The Labute approximate surface area is 105 Å². The molecule has 0 bridgehead atoms. The van der Waals surface area contributed by atoms with E-state index in [9.17, 15) is 9.18 Å². The molecule has 4 nitrogen and oxygen atoms in total. The van der Waals surface area contributed by atoms with Gasteiger partial charge < -0.3 is 15.6 Å². The summed E-state index contributed by atoms with van der Waals surface area (Å²) in [7, 11) is 0. The molecule has 0 aliphatic heterocycles. The SMILES string of the molecule is NC(Cc1ccc(F)cc1OCC1CC1)C(=O)O. The van der Waals surface area contributed by atoms with E-state index in [2.05, 4.69) is 0 Å². The number of nitrogens with two attached hydrogens (primary N) is 1. The fraction of sp³-hybridized carbons (Fsp3) is 0.462. The second kappa shape index (κ2) is 5.35. The molecule has 0 heterocycles. The topological polar surface area (TPSA) is 72.5 Å². The van der Waals surface area contributed by atoms with E-state index in [0.717, 1.165) is 12.8 Å². The van der Waals surface area contributed by atoms with Gasteiger partial charge in [0.2, 0.25) is 0 Å². The molecule has 0 aromatic heterocycles. The molecule has 1 fully saturated rings. The lowest BCUT2D eigenvalue weighted by molar-refractivity contribution is -0.138. The van der Waals surface area contributed by atoms with Gasteiger partial charge in [0.05, 0.1) is 6.61 Å². The van der Waals surface area contributed by atoms with E-state index in [1.165, 1.54) is 18.2 Å². The van der Waals surface area contributed by atoms with Crippen molar-refractivity contribution in [2.75, 3.05) is 6.61 Å². The number of halogens is 1.